The van der Waals surface area contributed by atoms with Crippen LogP contribution < -0.4 is 5.32 Å². The summed E-state index contributed by atoms with van der Waals surface area (Å²) in [6.45, 7) is 1.19. The fraction of sp³-hybridized carbons (Fsp3) is 0.417. The topological polar surface area (TPSA) is 58.6 Å². The highest BCUT2D eigenvalue weighted by Gasteiger charge is 2.37. The lowest BCUT2D eigenvalue weighted by Crippen LogP contribution is -2.55. The van der Waals surface area contributed by atoms with Crippen LogP contribution in [0.1, 0.15) is 54.1 Å². The quantitative estimate of drug-likeness (QED) is 0.772. The fourth-order valence-corrected chi connectivity index (χ4v) is 4.74. The SMILES string of the molecule is O=C(N[C@H](CC(=O)N1CCO[C@@H]2CCCC[C@H]21)c1ccccc1)c1ccccc1Cl. The van der Waals surface area contributed by atoms with Gasteiger partial charge in [-0.1, -0.05) is 66.9 Å². The molecule has 0 radical (unpaired) electrons. The van der Waals surface area contributed by atoms with Gasteiger partial charge in [-0.2, -0.15) is 0 Å². The Balaban J connectivity index is 1.52. The number of fused-ring (bicyclic) bond motifs is 1. The molecule has 30 heavy (non-hydrogen) atoms. The maximum absolute atomic E-state index is 13.3. The van der Waals surface area contributed by atoms with Gasteiger partial charge in [0.1, 0.15) is 0 Å². The molecule has 1 heterocycles. The monoisotopic (exact) mass is 426 g/mol. The van der Waals surface area contributed by atoms with Crippen molar-refractivity contribution in [1.29, 1.82) is 0 Å². The minimum atomic E-state index is -0.424. The second-order valence-electron chi connectivity index (χ2n) is 7.97. The largest absolute Gasteiger partial charge is 0.374 e. The van der Waals surface area contributed by atoms with E-state index in [1.54, 1.807) is 24.3 Å². The van der Waals surface area contributed by atoms with Crippen LogP contribution in [0.4, 0.5) is 0 Å². The van der Waals surface area contributed by atoms with Crippen molar-refractivity contribution in [3.05, 3.63) is 70.7 Å². The third-order valence-corrected chi connectivity index (χ3v) is 6.39. The Kier molecular flexibility index (Phi) is 6.70. The van der Waals surface area contributed by atoms with E-state index < -0.39 is 6.04 Å². The summed E-state index contributed by atoms with van der Waals surface area (Å²) in [6.07, 6.45) is 4.63. The molecule has 2 aromatic rings. The Morgan fingerprint density at radius 3 is 2.60 bits per heavy atom. The number of ether oxygens (including phenoxy) is 1. The molecule has 1 aliphatic carbocycles. The van der Waals surface area contributed by atoms with Crippen molar-refractivity contribution in [3.8, 4) is 0 Å². The van der Waals surface area contributed by atoms with Gasteiger partial charge in [-0.3, -0.25) is 9.59 Å². The van der Waals surface area contributed by atoms with Crippen LogP contribution in [-0.4, -0.2) is 42.0 Å². The Labute approximate surface area is 182 Å². The lowest BCUT2D eigenvalue weighted by molar-refractivity contribution is -0.150. The number of benzene rings is 2. The Morgan fingerprint density at radius 1 is 1.07 bits per heavy atom. The molecule has 1 aliphatic heterocycles. The van der Waals surface area contributed by atoms with Crippen LogP contribution >= 0.6 is 11.6 Å². The minimum absolute atomic E-state index is 0.0588. The maximum atomic E-state index is 13.3. The highest BCUT2D eigenvalue weighted by atomic mass is 35.5. The highest BCUT2D eigenvalue weighted by Crippen LogP contribution is 2.30. The van der Waals surface area contributed by atoms with Crippen LogP contribution in [0.25, 0.3) is 0 Å². The first-order chi connectivity index (χ1) is 14.6. The molecule has 2 fully saturated rings. The first kappa shape index (κ1) is 20.9. The summed E-state index contributed by atoms with van der Waals surface area (Å²) in [6, 6.07) is 16.3. The fourth-order valence-electron chi connectivity index (χ4n) is 4.52. The van der Waals surface area contributed by atoms with Crippen molar-refractivity contribution >= 4 is 23.4 Å². The first-order valence-electron chi connectivity index (χ1n) is 10.6. The van der Waals surface area contributed by atoms with E-state index in [1.807, 2.05) is 35.2 Å². The number of carbonyl (C=O) groups is 2. The molecule has 0 unspecified atom stereocenters. The summed E-state index contributed by atoms with van der Waals surface area (Å²) < 4.78 is 5.91. The Morgan fingerprint density at radius 2 is 1.80 bits per heavy atom. The third-order valence-electron chi connectivity index (χ3n) is 6.06. The zero-order valence-corrected chi connectivity index (χ0v) is 17.7. The smallest absolute Gasteiger partial charge is 0.253 e. The molecule has 3 atom stereocenters. The highest BCUT2D eigenvalue weighted by molar-refractivity contribution is 6.33. The molecule has 2 aromatic carbocycles. The van der Waals surface area contributed by atoms with E-state index in [1.165, 1.54) is 0 Å². The lowest BCUT2D eigenvalue weighted by atomic mass is 9.89. The van der Waals surface area contributed by atoms with Crippen LogP contribution in [0.2, 0.25) is 5.02 Å². The van der Waals surface area contributed by atoms with Crippen molar-refractivity contribution in [2.75, 3.05) is 13.2 Å². The van der Waals surface area contributed by atoms with E-state index in [0.29, 0.717) is 23.7 Å². The standard InChI is InChI=1S/C24H27ClN2O3/c25-19-11-5-4-10-18(19)24(29)26-20(17-8-2-1-3-9-17)16-23(28)27-14-15-30-22-13-7-6-12-21(22)27/h1-5,8-11,20-22H,6-7,12-16H2,(H,26,29)/t20-,21-,22-/m1/s1. The summed E-state index contributed by atoms with van der Waals surface area (Å²) in [7, 11) is 0. The molecular formula is C24H27ClN2O3. The van der Waals surface area contributed by atoms with Gasteiger partial charge in [0, 0.05) is 6.54 Å². The van der Waals surface area contributed by atoms with E-state index >= 15 is 0 Å². The number of nitrogens with zero attached hydrogens (tertiary/aromatic N) is 1. The Hall–Kier alpha value is -2.37. The van der Waals surface area contributed by atoms with E-state index in [9.17, 15) is 9.59 Å². The van der Waals surface area contributed by atoms with Crippen LogP contribution in [0.15, 0.2) is 54.6 Å². The second-order valence-corrected chi connectivity index (χ2v) is 8.38. The predicted octanol–water partition coefficient (Wildman–Crippen LogP) is 4.37. The summed E-state index contributed by atoms with van der Waals surface area (Å²) in [5.41, 5.74) is 1.31. The van der Waals surface area contributed by atoms with Gasteiger partial charge < -0.3 is 15.0 Å². The molecule has 1 saturated carbocycles. The number of hydrogen-bond acceptors (Lipinski definition) is 3. The zero-order valence-electron chi connectivity index (χ0n) is 16.9. The van der Waals surface area contributed by atoms with Crippen LogP contribution in [-0.2, 0) is 9.53 Å². The molecule has 1 N–H and O–H groups in total. The number of carbonyl (C=O) groups excluding carboxylic acids is 2. The molecule has 2 aliphatic rings. The van der Waals surface area contributed by atoms with Gasteiger partial charge in [-0.25, -0.2) is 0 Å². The number of morpholine rings is 1. The van der Waals surface area contributed by atoms with Gasteiger partial charge >= 0.3 is 0 Å². The Bertz CT molecular complexity index is 887. The number of nitrogens with one attached hydrogen (secondary N) is 1. The predicted molar refractivity (Wildman–Crippen MR) is 116 cm³/mol. The molecule has 2 amide bonds. The van der Waals surface area contributed by atoms with Crippen LogP contribution in [0.3, 0.4) is 0 Å². The van der Waals surface area contributed by atoms with E-state index in [0.717, 1.165) is 31.2 Å². The van der Waals surface area contributed by atoms with Gasteiger partial charge in [0.05, 0.1) is 41.8 Å². The molecule has 0 spiro atoms. The zero-order chi connectivity index (χ0) is 20.9. The van der Waals surface area contributed by atoms with Gasteiger partial charge in [0.15, 0.2) is 0 Å². The average molecular weight is 427 g/mol. The van der Waals surface area contributed by atoms with Gasteiger partial charge in [-0.15, -0.1) is 0 Å². The van der Waals surface area contributed by atoms with Crippen LogP contribution in [0.5, 0.6) is 0 Å². The molecule has 0 aromatic heterocycles. The molecule has 4 rings (SSSR count). The van der Waals surface area contributed by atoms with E-state index in [4.69, 9.17) is 16.3 Å². The molecule has 6 heteroatoms. The van der Waals surface area contributed by atoms with Gasteiger partial charge in [-0.05, 0) is 30.5 Å². The van der Waals surface area contributed by atoms with Crippen molar-refractivity contribution in [1.82, 2.24) is 10.2 Å². The molecule has 158 valence electrons. The number of amides is 2. The van der Waals surface area contributed by atoms with Crippen molar-refractivity contribution < 1.29 is 14.3 Å². The summed E-state index contributed by atoms with van der Waals surface area (Å²) in [4.78, 5) is 28.2. The number of hydrogen-bond donors (Lipinski definition) is 1. The number of rotatable bonds is 5. The van der Waals surface area contributed by atoms with Crippen molar-refractivity contribution in [2.45, 2.75) is 50.3 Å². The second kappa shape index (κ2) is 9.63. The van der Waals surface area contributed by atoms with E-state index in [2.05, 4.69) is 5.32 Å². The van der Waals surface area contributed by atoms with Crippen LogP contribution in [0, 0.1) is 0 Å². The summed E-state index contributed by atoms with van der Waals surface area (Å²) in [5.74, 6) is -0.219. The molecular weight excluding hydrogens is 400 g/mol. The molecule has 5 nitrogen and oxygen atoms in total. The average Bonchev–Trinajstić information content (AvgIpc) is 2.79. The number of halogens is 1. The molecule has 1 saturated heterocycles. The van der Waals surface area contributed by atoms with Crippen molar-refractivity contribution in [2.24, 2.45) is 0 Å². The normalized spacial score (nSPS) is 22.1. The maximum Gasteiger partial charge on any atom is 0.253 e. The van der Waals surface area contributed by atoms with E-state index in [-0.39, 0.29) is 30.4 Å². The van der Waals surface area contributed by atoms with Gasteiger partial charge in [0.2, 0.25) is 5.91 Å². The van der Waals surface area contributed by atoms with Crippen molar-refractivity contribution in [3.63, 3.8) is 0 Å². The van der Waals surface area contributed by atoms with Gasteiger partial charge in [0.25, 0.3) is 5.91 Å². The lowest BCUT2D eigenvalue weighted by Gasteiger charge is -2.44. The first-order valence-corrected chi connectivity index (χ1v) is 11.0. The third kappa shape index (κ3) is 4.68. The minimum Gasteiger partial charge on any atom is -0.374 e. The summed E-state index contributed by atoms with van der Waals surface area (Å²) in [5, 5.41) is 3.43. The molecule has 0 bridgehead atoms. The summed E-state index contributed by atoms with van der Waals surface area (Å²) >= 11 is 6.20.